The van der Waals surface area contributed by atoms with Crippen LogP contribution >= 0.6 is 0 Å². The van der Waals surface area contributed by atoms with E-state index in [1.807, 2.05) is 13.8 Å². The molecular weight excluding hydrogens is 238 g/mol. The Labute approximate surface area is 106 Å². The van der Waals surface area contributed by atoms with E-state index in [0.29, 0.717) is 13.0 Å². The lowest BCUT2D eigenvalue weighted by Gasteiger charge is -2.24. The minimum atomic E-state index is -2.51. The van der Waals surface area contributed by atoms with Gasteiger partial charge in [-0.2, -0.15) is 0 Å². The number of nitrogens with zero attached hydrogens (tertiary/aromatic N) is 3. The fraction of sp³-hybridized carbons (Fsp3) is 0.833. The lowest BCUT2D eigenvalue weighted by molar-refractivity contribution is 0.00314. The maximum absolute atomic E-state index is 13.4. The molecular formula is C12H20F2N4. The van der Waals surface area contributed by atoms with E-state index < -0.39 is 5.92 Å². The van der Waals surface area contributed by atoms with E-state index in [2.05, 4.69) is 15.6 Å². The molecule has 0 spiro atoms. The van der Waals surface area contributed by atoms with E-state index in [4.69, 9.17) is 0 Å². The van der Waals surface area contributed by atoms with Crippen molar-refractivity contribution < 1.29 is 8.78 Å². The molecule has 2 atom stereocenters. The first-order valence-corrected chi connectivity index (χ1v) is 6.57. The molecule has 6 heteroatoms. The predicted molar refractivity (Wildman–Crippen MR) is 64.4 cm³/mol. The predicted octanol–water partition coefficient (Wildman–Crippen LogP) is 2.38. The third-order valence-corrected chi connectivity index (χ3v) is 3.60. The van der Waals surface area contributed by atoms with E-state index in [1.165, 1.54) is 0 Å². The molecule has 0 aliphatic heterocycles. The first-order valence-electron chi connectivity index (χ1n) is 6.57. The molecule has 1 saturated carbocycles. The van der Waals surface area contributed by atoms with Gasteiger partial charge in [-0.15, -0.1) is 5.10 Å². The molecule has 1 heterocycles. The fourth-order valence-electron chi connectivity index (χ4n) is 2.75. The summed E-state index contributed by atoms with van der Waals surface area (Å²) in [6.07, 6.45) is 2.19. The van der Waals surface area contributed by atoms with Crippen LogP contribution in [0, 0.1) is 5.92 Å². The molecule has 18 heavy (non-hydrogen) atoms. The van der Waals surface area contributed by atoms with Crippen LogP contribution in [0.5, 0.6) is 0 Å². The van der Waals surface area contributed by atoms with E-state index in [9.17, 15) is 8.78 Å². The van der Waals surface area contributed by atoms with Crippen molar-refractivity contribution in [2.24, 2.45) is 5.92 Å². The Morgan fingerprint density at radius 1 is 1.56 bits per heavy atom. The van der Waals surface area contributed by atoms with Gasteiger partial charge in [0.05, 0.1) is 17.9 Å². The molecule has 1 aromatic rings. The van der Waals surface area contributed by atoms with Crippen LogP contribution in [0.3, 0.4) is 0 Å². The first kappa shape index (κ1) is 13.4. The minimum absolute atomic E-state index is 0.00669. The topological polar surface area (TPSA) is 42.7 Å². The summed E-state index contributed by atoms with van der Waals surface area (Å²) in [6.45, 7) is 5.42. The third-order valence-electron chi connectivity index (χ3n) is 3.60. The van der Waals surface area contributed by atoms with Gasteiger partial charge in [-0.05, 0) is 25.8 Å². The highest BCUT2D eigenvalue weighted by molar-refractivity contribution is 5.06. The Kier molecular flexibility index (Phi) is 3.94. The lowest BCUT2D eigenvalue weighted by Crippen LogP contribution is -2.30. The Hall–Kier alpha value is -1.04. The third kappa shape index (κ3) is 2.68. The molecule has 0 amide bonds. The molecule has 1 aromatic heterocycles. The van der Waals surface area contributed by atoms with E-state index in [0.717, 1.165) is 12.2 Å². The van der Waals surface area contributed by atoms with Crippen LogP contribution < -0.4 is 5.32 Å². The van der Waals surface area contributed by atoms with Gasteiger partial charge in [-0.1, -0.05) is 12.1 Å². The molecule has 102 valence electrons. The number of hydrogen-bond donors (Lipinski definition) is 1. The van der Waals surface area contributed by atoms with E-state index in [1.54, 1.807) is 10.9 Å². The second kappa shape index (κ2) is 5.30. The normalized spacial score (nSPS) is 24.3. The van der Waals surface area contributed by atoms with Crippen LogP contribution in [0.25, 0.3) is 0 Å². The van der Waals surface area contributed by atoms with Gasteiger partial charge in [0.2, 0.25) is 5.92 Å². The molecule has 2 rings (SSSR count). The van der Waals surface area contributed by atoms with E-state index in [-0.39, 0.29) is 24.8 Å². The van der Waals surface area contributed by atoms with Crippen molar-refractivity contribution in [3.8, 4) is 0 Å². The largest absolute Gasteiger partial charge is 0.309 e. The van der Waals surface area contributed by atoms with Crippen molar-refractivity contribution in [1.29, 1.82) is 0 Å². The van der Waals surface area contributed by atoms with Crippen LogP contribution in [0.15, 0.2) is 6.20 Å². The zero-order valence-corrected chi connectivity index (χ0v) is 10.9. The average Bonchev–Trinajstić information content (AvgIpc) is 2.92. The van der Waals surface area contributed by atoms with Crippen LogP contribution in [0.4, 0.5) is 8.78 Å². The highest BCUT2D eigenvalue weighted by Crippen LogP contribution is 2.44. The Bertz CT molecular complexity index is 391. The van der Waals surface area contributed by atoms with Crippen molar-refractivity contribution in [1.82, 2.24) is 20.3 Å². The van der Waals surface area contributed by atoms with Gasteiger partial charge in [0, 0.05) is 19.4 Å². The summed E-state index contributed by atoms with van der Waals surface area (Å²) in [5.74, 6) is -2.55. The Balaban J connectivity index is 2.18. The van der Waals surface area contributed by atoms with Gasteiger partial charge < -0.3 is 5.32 Å². The molecule has 1 fully saturated rings. The maximum atomic E-state index is 13.4. The summed E-state index contributed by atoms with van der Waals surface area (Å²) in [7, 11) is 0. The maximum Gasteiger partial charge on any atom is 0.248 e. The quantitative estimate of drug-likeness (QED) is 0.881. The van der Waals surface area contributed by atoms with Crippen molar-refractivity contribution in [3.05, 3.63) is 11.9 Å². The lowest BCUT2D eigenvalue weighted by atomic mass is 9.95. The SMILES string of the molecule is CCNC(c1cnnn1CC)C1CCC(F)(F)C1. The standard InChI is InChI=1S/C12H20F2N4/c1-3-15-11(9-5-6-12(13,14)7-9)10-8-16-17-18(10)4-2/h8-9,11,15H,3-7H2,1-2H3. The Morgan fingerprint density at radius 3 is 2.89 bits per heavy atom. The van der Waals surface area contributed by atoms with Crippen molar-refractivity contribution >= 4 is 0 Å². The Morgan fingerprint density at radius 2 is 2.33 bits per heavy atom. The second-order valence-electron chi connectivity index (χ2n) is 4.87. The van der Waals surface area contributed by atoms with Gasteiger partial charge in [0.25, 0.3) is 0 Å². The number of halogens is 2. The van der Waals surface area contributed by atoms with Gasteiger partial charge >= 0.3 is 0 Å². The highest BCUT2D eigenvalue weighted by Gasteiger charge is 2.43. The number of nitrogens with one attached hydrogen (secondary N) is 1. The molecule has 1 aliphatic carbocycles. The van der Waals surface area contributed by atoms with Gasteiger partial charge in [-0.3, -0.25) is 0 Å². The number of alkyl halides is 2. The fourth-order valence-corrected chi connectivity index (χ4v) is 2.75. The number of hydrogen-bond acceptors (Lipinski definition) is 3. The molecule has 0 saturated heterocycles. The summed E-state index contributed by atoms with van der Waals surface area (Å²) >= 11 is 0. The first-order chi connectivity index (χ1) is 8.57. The molecule has 1 N–H and O–H groups in total. The summed E-state index contributed by atoms with van der Waals surface area (Å²) in [6, 6.07) is -0.0710. The van der Waals surface area contributed by atoms with Gasteiger partial charge in [0.1, 0.15) is 0 Å². The van der Waals surface area contributed by atoms with Crippen molar-refractivity contribution in [2.45, 2.75) is 51.6 Å². The average molecular weight is 258 g/mol. The monoisotopic (exact) mass is 258 g/mol. The van der Waals surface area contributed by atoms with Crippen LogP contribution in [0.2, 0.25) is 0 Å². The minimum Gasteiger partial charge on any atom is -0.309 e. The van der Waals surface area contributed by atoms with Crippen LogP contribution in [-0.4, -0.2) is 27.5 Å². The zero-order chi connectivity index (χ0) is 13.2. The zero-order valence-electron chi connectivity index (χ0n) is 10.9. The number of aryl methyl sites for hydroxylation is 1. The molecule has 4 nitrogen and oxygen atoms in total. The highest BCUT2D eigenvalue weighted by atomic mass is 19.3. The number of rotatable bonds is 5. The smallest absolute Gasteiger partial charge is 0.248 e. The number of aromatic nitrogens is 3. The molecule has 0 bridgehead atoms. The summed E-state index contributed by atoms with van der Waals surface area (Å²) in [5.41, 5.74) is 0.919. The van der Waals surface area contributed by atoms with Crippen LogP contribution in [0.1, 0.15) is 44.8 Å². The van der Waals surface area contributed by atoms with Crippen LogP contribution in [-0.2, 0) is 6.54 Å². The molecule has 0 radical (unpaired) electrons. The molecule has 0 aromatic carbocycles. The summed E-state index contributed by atoms with van der Waals surface area (Å²) in [5, 5.41) is 11.2. The summed E-state index contributed by atoms with van der Waals surface area (Å²) < 4.78 is 28.5. The second-order valence-corrected chi connectivity index (χ2v) is 4.87. The van der Waals surface area contributed by atoms with Crippen molar-refractivity contribution in [2.75, 3.05) is 6.54 Å². The van der Waals surface area contributed by atoms with E-state index >= 15 is 0 Å². The van der Waals surface area contributed by atoms with Gasteiger partial charge in [0.15, 0.2) is 0 Å². The molecule has 1 aliphatic rings. The van der Waals surface area contributed by atoms with Gasteiger partial charge in [-0.25, -0.2) is 13.5 Å². The summed E-state index contributed by atoms with van der Waals surface area (Å²) in [4.78, 5) is 0. The van der Waals surface area contributed by atoms with Crippen molar-refractivity contribution in [3.63, 3.8) is 0 Å². The molecule has 2 unspecified atom stereocenters.